The minimum absolute atomic E-state index is 0.0319. The molecule has 0 aliphatic carbocycles. The van der Waals surface area contributed by atoms with E-state index in [2.05, 4.69) is 0 Å². The summed E-state index contributed by atoms with van der Waals surface area (Å²) in [6.45, 7) is 3.08. The lowest BCUT2D eigenvalue weighted by molar-refractivity contribution is -0.104. The Hall–Kier alpha value is -2.18. The van der Waals surface area contributed by atoms with Gasteiger partial charge in [-0.05, 0) is 37.6 Å². The summed E-state index contributed by atoms with van der Waals surface area (Å²) >= 11 is 0. The number of hydrogen-bond donors (Lipinski definition) is 0. The lowest BCUT2D eigenvalue weighted by Crippen LogP contribution is -2.08. The lowest BCUT2D eigenvalue weighted by Gasteiger charge is -2.16. The first-order valence-electron chi connectivity index (χ1n) is 6.60. The summed E-state index contributed by atoms with van der Waals surface area (Å²) in [5.74, 6) is 0.589. The van der Waals surface area contributed by atoms with Crippen LogP contribution in [-0.4, -0.2) is 39.9 Å². The maximum Gasteiger partial charge on any atom is 0.188 e. The number of methoxy groups -OCH3 is 2. The predicted molar refractivity (Wildman–Crippen MR) is 81.2 cm³/mol. The van der Waals surface area contributed by atoms with Gasteiger partial charge in [0.05, 0.1) is 11.1 Å². The van der Waals surface area contributed by atoms with Crippen molar-refractivity contribution >= 4 is 18.1 Å². The highest BCUT2D eigenvalue weighted by molar-refractivity contribution is 5.99. The van der Waals surface area contributed by atoms with E-state index < -0.39 is 0 Å². The molecule has 0 fully saturated rings. The van der Waals surface area contributed by atoms with E-state index in [1.54, 1.807) is 25.1 Å². The molecular weight excluding hydrogens is 288 g/mol. The third-order valence-electron chi connectivity index (χ3n) is 2.75. The Morgan fingerprint density at radius 2 is 1.73 bits per heavy atom. The van der Waals surface area contributed by atoms with Gasteiger partial charge in [0.25, 0.3) is 0 Å². The first kappa shape index (κ1) is 17.9. The highest BCUT2D eigenvalue weighted by atomic mass is 16.7. The van der Waals surface area contributed by atoms with Gasteiger partial charge in [0.15, 0.2) is 19.4 Å². The summed E-state index contributed by atoms with van der Waals surface area (Å²) in [7, 11) is 2.98. The third kappa shape index (κ3) is 4.68. The van der Waals surface area contributed by atoms with Crippen molar-refractivity contribution in [3.8, 4) is 11.5 Å². The molecule has 6 heteroatoms. The largest absolute Gasteiger partial charge is 0.467 e. The summed E-state index contributed by atoms with van der Waals surface area (Å²) in [6.07, 6.45) is 2.30. The van der Waals surface area contributed by atoms with Crippen molar-refractivity contribution in [2.75, 3.05) is 27.8 Å². The zero-order valence-electron chi connectivity index (χ0n) is 13.2. The van der Waals surface area contributed by atoms with Crippen LogP contribution in [0.2, 0.25) is 0 Å². The molecule has 0 aromatic heterocycles. The van der Waals surface area contributed by atoms with E-state index in [0.29, 0.717) is 34.5 Å². The first-order valence-corrected chi connectivity index (χ1v) is 6.60. The highest BCUT2D eigenvalue weighted by Crippen LogP contribution is 2.35. The van der Waals surface area contributed by atoms with Gasteiger partial charge in [-0.3, -0.25) is 9.59 Å². The number of hydrogen-bond acceptors (Lipinski definition) is 6. The Balaban J connectivity index is 3.46. The molecule has 0 saturated carbocycles. The molecular formula is C16H20O6. The first-order chi connectivity index (χ1) is 10.5. The van der Waals surface area contributed by atoms with Crippen LogP contribution in [0.1, 0.15) is 29.8 Å². The number of Topliss-reactive ketones (excluding diaryl/α,β-unsaturated/α-hetero) is 1. The number of carbonyl (C=O) groups excluding carboxylic acids is 2. The molecule has 1 aromatic carbocycles. The molecule has 120 valence electrons. The summed E-state index contributed by atoms with van der Waals surface area (Å²) < 4.78 is 20.8. The van der Waals surface area contributed by atoms with Crippen molar-refractivity contribution in [3.63, 3.8) is 0 Å². The van der Waals surface area contributed by atoms with E-state index >= 15 is 0 Å². The average molecular weight is 308 g/mol. The molecule has 0 aliphatic rings. The van der Waals surface area contributed by atoms with Crippen LogP contribution in [0, 0.1) is 0 Å². The molecule has 1 rings (SSSR count). The number of carbonyl (C=O) groups is 2. The van der Waals surface area contributed by atoms with Gasteiger partial charge >= 0.3 is 0 Å². The second-order valence-corrected chi connectivity index (χ2v) is 4.52. The Kier molecular flexibility index (Phi) is 7.28. The minimum Gasteiger partial charge on any atom is -0.467 e. The number of allylic oxidation sites excluding steroid dienone is 1. The smallest absolute Gasteiger partial charge is 0.188 e. The summed E-state index contributed by atoms with van der Waals surface area (Å²) in [6, 6.07) is 3.24. The Morgan fingerprint density at radius 3 is 2.27 bits per heavy atom. The van der Waals surface area contributed by atoms with Gasteiger partial charge in [0.1, 0.15) is 17.8 Å². The second kappa shape index (κ2) is 8.96. The van der Waals surface area contributed by atoms with Crippen LogP contribution in [0.3, 0.4) is 0 Å². The quantitative estimate of drug-likeness (QED) is 0.302. The van der Waals surface area contributed by atoms with Gasteiger partial charge < -0.3 is 18.9 Å². The number of ketones is 1. The molecule has 6 nitrogen and oxygen atoms in total. The average Bonchev–Trinajstić information content (AvgIpc) is 2.51. The van der Waals surface area contributed by atoms with Gasteiger partial charge in [-0.1, -0.05) is 0 Å². The molecule has 0 unspecified atom stereocenters. The molecule has 0 aliphatic heterocycles. The lowest BCUT2D eigenvalue weighted by atomic mass is 10.0. The second-order valence-electron chi connectivity index (χ2n) is 4.52. The van der Waals surface area contributed by atoms with Gasteiger partial charge in [0, 0.05) is 14.2 Å². The summed E-state index contributed by atoms with van der Waals surface area (Å²) in [4.78, 5) is 22.7. The molecule has 1 aromatic rings. The fraction of sp³-hybridized carbons (Fsp3) is 0.375. The van der Waals surface area contributed by atoms with E-state index in [0.717, 1.165) is 0 Å². The number of benzene rings is 1. The molecule has 0 saturated heterocycles. The Morgan fingerprint density at radius 1 is 1.09 bits per heavy atom. The van der Waals surface area contributed by atoms with Crippen molar-refractivity contribution in [1.29, 1.82) is 0 Å². The van der Waals surface area contributed by atoms with E-state index in [-0.39, 0.29) is 19.4 Å². The fourth-order valence-corrected chi connectivity index (χ4v) is 1.78. The summed E-state index contributed by atoms with van der Waals surface area (Å²) in [5, 5.41) is 0. The van der Waals surface area contributed by atoms with Crippen molar-refractivity contribution in [1.82, 2.24) is 0 Å². The normalized spacial score (nSPS) is 11.2. The van der Waals surface area contributed by atoms with Crippen molar-refractivity contribution in [2.45, 2.75) is 13.8 Å². The third-order valence-corrected chi connectivity index (χ3v) is 2.75. The number of ether oxygens (including phenoxy) is 4. The van der Waals surface area contributed by atoms with Crippen LogP contribution in [0.25, 0.3) is 6.08 Å². The van der Waals surface area contributed by atoms with Crippen LogP contribution >= 0.6 is 0 Å². The van der Waals surface area contributed by atoms with Gasteiger partial charge in [-0.15, -0.1) is 0 Å². The van der Waals surface area contributed by atoms with Crippen LogP contribution in [0.5, 0.6) is 11.5 Å². The van der Waals surface area contributed by atoms with E-state index in [4.69, 9.17) is 18.9 Å². The molecule has 22 heavy (non-hydrogen) atoms. The monoisotopic (exact) mass is 308 g/mol. The maximum absolute atomic E-state index is 11.8. The molecule has 0 amide bonds. The molecule has 0 radical (unpaired) electrons. The fourth-order valence-electron chi connectivity index (χ4n) is 1.78. The molecule has 0 N–H and O–H groups in total. The van der Waals surface area contributed by atoms with Crippen molar-refractivity contribution < 1.29 is 28.5 Å². The topological polar surface area (TPSA) is 71.1 Å². The van der Waals surface area contributed by atoms with Gasteiger partial charge in [0.2, 0.25) is 0 Å². The Bertz CT molecular complexity index is 562. The van der Waals surface area contributed by atoms with Crippen LogP contribution < -0.4 is 9.47 Å². The predicted octanol–water partition coefficient (Wildman–Crippen LogP) is 2.46. The van der Waals surface area contributed by atoms with Crippen LogP contribution in [0.4, 0.5) is 0 Å². The van der Waals surface area contributed by atoms with Crippen molar-refractivity contribution in [3.05, 3.63) is 28.8 Å². The molecule has 0 heterocycles. The van der Waals surface area contributed by atoms with E-state index in [1.165, 1.54) is 21.1 Å². The van der Waals surface area contributed by atoms with Crippen molar-refractivity contribution in [2.24, 2.45) is 0 Å². The van der Waals surface area contributed by atoms with Gasteiger partial charge in [-0.25, -0.2) is 0 Å². The number of rotatable bonds is 9. The highest BCUT2D eigenvalue weighted by Gasteiger charge is 2.17. The molecule has 0 atom stereocenters. The Labute approximate surface area is 129 Å². The summed E-state index contributed by atoms with van der Waals surface area (Å²) in [5.41, 5.74) is 1.34. The van der Waals surface area contributed by atoms with Crippen LogP contribution in [0.15, 0.2) is 17.7 Å². The zero-order valence-corrected chi connectivity index (χ0v) is 13.2. The SMILES string of the molecule is COCOc1ccc(C(C)=O)c(OCOC)c1C=C(C)C=O. The maximum atomic E-state index is 11.8. The number of aldehydes is 1. The van der Waals surface area contributed by atoms with Crippen LogP contribution in [-0.2, 0) is 14.3 Å². The molecule has 0 spiro atoms. The van der Waals surface area contributed by atoms with Gasteiger partial charge in [-0.2, -0.15) is 0 Å². The minimum atomic E-state index is -0.164. The van der Waals surface area contributed by atoms with E-state index in [1.807, 2.05) is 0 Å². The standard InChI is InChI=1S/C16H20O6/c1-11(8-17)7-14-15(21-9-19-3)6-5-13(12(2)18)16(14)22-10-20-4/h5-8H,9-10H2,1-4H3. The zero-order chi connectivity index (χ0) is 16.5. The van der Waals surface area contributed by atoms with E-state index in [9.17, 15) is 9.59 Å². The molecule has 0 bridgehead atoms.